The molecule has 4 rings (SSSR count). The SMILES string of the molecule is CC(C)S(=O)(=O)N(Cc1cc(Oc2ccc(Nc3cc(-c4ccccc4)nc(N)n3)cc2)ccn1)OC(=O)C(F)(F)F. The third-order valence-corrected chi connectivity index (χ3v) is 7.51. The van der Waals surface area contributed by atoms with Crippen LogP contribution in [0.15, 0.2) is 79.0 Å². The highest BCUT2D eigenvalue weighted by Crippen LogP contribution is 2.27. The highest BCUT2D eigenvalue weighted by atomic mass is 32.2. The molecular weight excluding hydrogens is 577 g/mol. The average Bonchev–Trinajstić information content (AvgIpc) is 2.93. The fourth-order valence-corrected chi connectivity index (χ4v) is 4.42. The Kier molecular flexibility index (Phi) is 8.92. The van der Waals surface area contributed by atoms with Crippen molar-refractivity contribution in [2.75, 3.05) is 11.1 Å². The second kappa shape index (κ2) is 12.4. The zero-order chi connectivity index (χ0) is 30.5. The molecule has 0 aliphatic carbocycles. The topological polar surface area (TPSA) is 150 Å². The number of pyridine rings is 1. The van der Waals surface area contributed by atoms with E-state index in [1.54, 1.807) is 30.3 Å². The van der Waals surface area contributed by atoms with E-state index in [-0.39, 0.29) is 21.9 Å². The maximum atomic E-state index is 12.8. The lowest BCUT2D eigenvalue weighted by Gasteiger charge is -2.23. The number of aromatic nitrogens is 3. The van der Waals surface area contributed by atoms with Crippen LogP contribution < -0.4 is 15.8 Å². The van der Waals surface area contributed by atoms with Crippen LogP contribution in [0.3, 0.4) is 0 Å². The molecule has 2 aromatic heterocycles. The summed E-state index contributed by atoms with van der Waals surface area (Å²) in [5.41, 5.74) is 8.04. The number of hydroxylamine groups is 1. The molecule has 0 amide bonds. The number of sulfonamides is 1. The highest BCUT2D eigenvalue weighted by Gasteiger charge is 2.45. The minimum Gasteiger partial charge on any atom is -0.457 e. The normalized spacial score (nSPS) is 11.9. The van der Waals surface area contributed by atoms with E-state index in [2.05, 4.69) is 25.1 Å². The number of anilines is 3. The van der Waals surface area contributed by atoms with Crippen molar-refractivity contribution in [1.29, 1.82) is 0 Å². The van der Waals surface area contributed by atoms with Gasteiger partial charge in [-0.15, -0.1) is 0 Å². The lowest BCUT2D eigenvalue weighted by atomic mass is 10.1. The molecule has 3 N–H and O–H groups in total. The van der Waals surface area contributed by atoms with Crippen LogP contribution in [0.4, 0.5) is 30.6 Å². The van der Waals surface area contributed by atoms with Crippen LogP contribution in [0.2, 0.25) is 0 Å². The first-order chi connectivity index (χ1) is 19.8. The minimum atomic E-state index is -5.39. The van der Waals surface area contributed by atoms with Crippen molar-refractivity contribution < 1.29 is 36.0 Å². The van der Waals surface area contributed by atoms with E-state index < -0.39 is 34.0 Å². The zero-order valence-electron chi connectivity index (χ0n) is 22.2. The predicted octanol–water partition coefficient (Wildman–Crippen LogP) is 5.22. The van der Waals surface area contributed by atoms with E-state index in [1.165, 1.54) is 32.2 Å². The lowest BCUT2D eigenvalue weighted by molar-refractivity contribution is -0.224. The largest absolute Gasteiger partial charge is 0.492 e. The number of alkyl halides is 3. The number of carbonyl (C=O) groups excluding carboxylic acids is 1. The Morgan fingerprint density at radius 2 is 1.69 bits per heavy atom. The van der Waals surface area contributed by atoms with Gasteiger partial charge in [0, 0.05) is 29.6 Å². The summed E-state index contributed by atoms with van der Waals surface area (Å²) in [6.45, 7) is 1.70. The number of halogens is 3. The molecule has 0 atom stereocenters. The molecule has 0 spiro atoms. The average molecular weight is 603 g/mol. The van der Waals surface area contributed by atoms with Crippen LogP contribution in [0.1, 0.15) is 19.5 Å². The van der Waals surface area contributed by atoms with Gasteiger partial charge in [0.05, 0.1) is 23.2 Å². The van der Waals surface area contributed by atoms with Crippen molar-refractivity contribution in [1.82, 2.24) is 19.4 Å². The molecule has 0 saturated heterocycles. The van der Waals surface area contributed by atoms with Gasteiger partial charge in [-0.25, -0.2) is 18.2 Å². The summed E-state index contributed by atoms with van der Waals surface area (Å²) in [6.07, 6.45) is -4.12. The molecular formula is C27H25F3N6O5S. The third kappa shape index (κ3) is 7.70. The molecule has 0 radical (unpaired) electrons. The van der Waals surface area contributed by atoms with Crippen molar-refractivity contribution in [3.8, 4) is 22.8 Å². The fourth-order valence-electron chi connectivity index (χ4n) is 3.47. The summed E-state index contributed by atoms with van der Waals surface area (Å²) in [6, 6.07) is 20.7. The minimum absolute atomic E-state index is 0.0246. The van der Waals surface area contributed by atoms with Gasteiger partial charge in [-0.2, -0.15) is 18.2 Å². The molecule has 2 heterocycles. The van der Waals surface area contributed by atoms with Crippen molar-refractivity contribution >= 4 is 33.4 Å². The van der Waals surface area contributed by atoms with Gasteiger partial charge in [-0.05, 0) is 48.6 Å². The molecule has 220 valence electrons. The van der Waals surface area contributed by atoms with E-state index in [0.717, 1.165) is 5.56 Å². The molecule has 2 aromatic carbocycles. The van der Waals surface area contributed by atoms with Gasteiger partial charge in [-0.1, -0.05) is 30.3 Å². The van der Waals surface area contributed by atoms with Crippen LogP contribution in [0, 0.1) is 0 Å². The third-order valence-electron chi connectivity index (χ3n) is 5.55. The quantitative estimate of drug-likeness (QED) is 0.231. The molecule has 0 unspecified atom stereocenters. The van der Waals surface area contributed by atoms with Crippen molar-refractivity contribution in [2.24, 2.45) is 0 Å². The second-order valence-electron chi connectivity index (χ2n) is 9.03. The summed E-state index contributed by atoms with van der Waals surface area (Å²) in [5.74, 6) is -1.50. The van der Waals surface area contributed by atoms with E-state index >= 15 is 0 Å². The van der Waals surface area contributed by atoms with Crippen LogP contribution >= 0.6 is 0 Å². The summed E-state index contributed by atoms with van der Waals surface area (Å²) in [7, 11) is -4.43. The van der Waals surface area contributed by atoms with E-state index in [9.17, 15) is 26.4 Å². The van der Waals surface area contributed by atoms with Gasteiger partial charge in [0.25, 0.3) is 0 Å². The van der Waals surface area contributed by atoms with Crippen LogP contribution in [-0.2, 0) is 26.2 Å². The number of rotatable bonds is 10. The number of hydrogen-bond acceptors (Lipinski definition) is 10. The van der Waals surface area contributed by atoms with Gasteiger partial charge < -0.3 is 20.6 Å². The number of ether oxygens (including phenoxy) is 1. The summed E-state index contributed by atoms with van der Waals surface area (Å²) in [5, 5.41) is 1.97. The molecule has 0 aliphatic heterocycles. The lowest BCUT2D eigenvalue weighted by Crippen LogP contribution is -2.41. The first-order valence-electron chi connectivity index (χ1n) is 12.3. The predicted molar refractivity (Wildman–Crippen MR) is 148 cm³/mol. The summed E-state index contributed by atoms with van der Waals surface area (Å²) >= 11 is 0. The molecule has 15 heteroatoms. The van der Waals surface area contributed by atoms with Crippen LogP contribution in [0.25, 0.3) is 11.3 Å². The van der Waals surface area contributed by atoms with E-state index in [0.29, 0.717) is 22.9 Å². The number of nitrogens with zero attached hydrogens (tertiary/aromatic N) is 4. The molecule has 0 aliphatic rings. The van der Waals surface area contributed by atoms with Gasteiger partial charge in [0.15, 0.2) is 0 Å². The Bertz CT molecular complexity index is 1650. The number of hydrogen-bond donors (Lipinski definition) is 2. The number of nitrogens with one attached hydrogen (secondary N) is 1. The Morgan fingerprint density at radius 1 is 1.00 bits per heavy atom. The first-order valence-corrected chi connectivity index (χ1v) is 13.8. The fraction of sp³-hybridized carbons (Fsp3) is 0.185. The number of nitrogen functional groups attached to an aromatic ring is 1. The van der Waals surface area contributed by atoms with E-state index in [1.807, 2.05) is 30.3 Å². The maximum Gasteiger partial charge on any atom is 0.492 e. The van der Waals surface area contributed by atoms with Gasteiger partial charge in [0.1, 0.15) is 17.3 Å². The smallest absolute Gasteiger partial charge is 0.457 e. The summed E-state index contributed by atoms with van der Waals surface area (Å²) in [4.78, 5) is 28.0. The molecule has 42 heavy (non-hydrogen) atoms. The Labute approximate surface area is 239 Å². The first kappa shape index (κ1) is 30.2. The Morgan fingerprint density at radius 3 is 2.33 bits per heavy atom. The van der Waals surface area contributed by atoms with Gasteiger partial charge >= 0.3 is 12.1 Å². The van der Waals surface area contributed by atoms with Crippen LogP contribution in [0.5, 0.6) is 11.5 Å². The van der Waals surface area contributed by atoms with Crippen LogP contribution in [-0.4, -0.2) is 45.2 Å². The number of benzene rings is 2. The molecule has 0 bridgehead atoms. The molecule has 4 aromatic rings. The number of nitrogens with two attached hydrogens (primary N) is 1. The Hall–Kier alpha value is -4.76. The van der Waals surface area contributed by atoms with Crippen molar-refractivity contribution in [3.63, 3.8) is 0 Å². The molecule has 0 fully saturated rings. The van der Waals surface area contributed by atoms with E-state index in [4.69, 9.17) is 10.5 Å². The zero-order valence-corrected chi connectivity index (χ0v) is 23.1. The molecule has 11 nitrogen and oxygen atoms in total. The highest BCUT2D eigenvalue weighted by molar-refractivity contribution is 7.89. The van der Waals surface area contributed by atoms with Gasteiger partial charge in [-0.3, -0.25) is 4.98 Å². The number of carbonyl (C=O) groups is 1. The Balaban J connectivity index is 1.46. The van der Waals surface area contributed by atoms with Crippen molar-refractivity contribution in [2.45, 2.75) is 31.8 Å². The molecule has 0 saturated carbocycles. The monoisotopic (exact) mass is 602 g/mol. The van der Waals surface area contributed by atoms with Gasteiger partial charge in [0.2, 0.25) is 16.0 Å². The maximum absolute atomic E-state index is 12.8. The second-order valence-corrected chi connectivity index (χ2v) is 11.4. The van der Waals surface area contributed by atoms with Crippen molar-refractivity contribution in [3.05, 3.63) is 84.7 Å². The standard InChI is InChI=1S/C27H25F3N6O5S/c1-17(2)42(38,39)36(41-25(37)27(28,29)30)16-20-14-22(12-13-32-20)40-21-10-8-19(9-11-21)33-24-15-23(34-26(31)35-24)18-6-4-3-5-7-18/h3-15,17H,16H2,1-2H3,(H3,31,33,34,35). The summed E-state index contributed by atoms with van der Waals surface area (Å²) < 4.78 is 69.1.